The van der Waals surface area contributed by atoms with Gasteiger partial charge in [-0.15, -0.1) is 0 Å². The number of benzene rings is 1. The number of fused-ring (bicyclic) bond motifs is 1. The smallest absolute Gasteiger partial charge is 0.225 e. The SMILES string of the molecule is [CH2-]CC/C=C\CN1C(=O)C[C@@H]1c1ccc2c(c1)CCC2O.[Y]. The van der Waals surface area contributed by atoms with E-state index >= 15 is 0 Å². The zero-order valence-electron chi connectivity index (χ0n) is 12.9. The number of aliphatic hydroxyl groups is 1. The number of likely N-dealkylation sites (tertiary alicyclic amines) is 1. The van der Waals surface area contributed by atoms with Gasteiger partial charge in [-0.05, 0) is 29.5 Å². The van der Waals surface area contributed by atoms with Crippen LogP contribution in [-0.2, 0) is 43.9 Å². The monoisotopic (exact) mass is 373 g/mol. The van der Waals surface area contributed by atoms with Crippen molar-refractivity contribution in [3.05, 3.63) is 54.0 Å². The first-order chi connectivity index (χ1) is 10.2. The average molecular weight is 373 g/mol. The summed E-state index contributed by atoms with van der Waals surface area (Å²) in [6.07, 6.45) is 8.06. The second kappa shape index (κ2) is 7.85. The number of aryl methyl sites for hydroxylation is 1. The molecule has 3 rings (SSSR count). The Labute approximate surface area is 157 Å². The van der Waals surface area contributed by atoms with Gasteiger partial charge in [0.1, 0.15) is 0 Å². The fraction of sp³-hybridized carbons (Fsp3) is 0.444. The number of amides is 1. The van der Waals surface area contributed by atoms with Crippen LogP contribution in [0.4, 0.5) is 0 Å². The molecule has 1 aliphatic carbocycles. The van der Waals surface area contributed by atoms with E-state index in [4.69, 9.17) is 0 Å². The molecule has 1 N–H and O–H groups in total. The zero-order chi connectivity index (χ0) is 14.8. The van der Waals surface area contributed by atoms with Gasteiger partial charge < -0.3 is 16.9 Å². The Morgan fingerprint density at radius 3 is 2.91 bits per heavy atom. The molecule has 1 heterocycles. The van der Waals surface area contributed by atoms with Crippen LogP contribution < -0.4 is 0 Å². The molecule has 4 heteroatoms. The van der Waals surface area contributed by atoms with Gasteiger partial charge >= 0.3 is 0 Å². The summed E-state index contributed by atoms with van der Waals surface area (Å²) in [6.45, 7) is 4.48. The summed E-state index contributed by atoms with van der Waals surface area (Å²) >= 11 is 0. The fourth-order valence-corrected chi connectivity index (χ4v) is 3.23. The minimum atomic E-state index is -0.307. The van der Waals surface area contributed by atoms with Gasteiger partial charge in [-0.1, -0.05) is 36.8 Å². The molecule has 2 atom stereocenters. The first-order valence-electron chi connectivity index (χ1n) is 7.75. The van der Waals surface area contributed by atoms with Crippen LogP contribution in [0.3, 0.4) is 0 Å². The molecule has 1 aliphatic heterocycles. The number of carbonyl (C=O) groups excluding carboxylic acids is 1. The first-order valence-corrected chi connectivity index (χ1v) is 7.75. The van der Waals surface area contributed by atoms with Crippen molar-refractivity contribution in [2.45, 2.75) is 44.2 Å². The molecule has 1 unspecified atom stereocenters. The third-order valence-electron chi connectivity index (χ3n) is 4.50. The van der Waals surface area contributed by atoms with Gasteiger partial charge in [-0.3, -0.25) is 4.79 Å². The molecule has 3 nitrogen and oxygen atoms in total. The van der Waals surface area contributed by atoms with Crippen LogP contribution in [0, 0.1) is 6.92 Å². The van der Waals surface area contributed by atoms with Crippen LogP contribution in [0.5, 0.6) is 0 Å². The van der Waals surface area contributed by atoms with E-state index < -0.39 is 0 Å². The van der Waals surface area contributed by atoms with Crippen molar-refractivity contribution in [2.75, 3.05) is 6.54 Å². The van der Waals surface area contributed by atoms with Crippen molar-refractivity contribution in [3.8, 4) is 0 Å². The zero-order valence-corrected chi connectivity index (χ0v) is 15.7. The Hall–Kier alpha value is -0.506. The van der Waals surface area contributed by atoms with E-state index in [0.29, 0.717) is 13.0 Å². The quantitative estimate of drug-likeness (QED) is 0.490. The second-order valence-electron chi connectivity index (χ2n) is 5.89. The van der Waals surface area contributed by atoms with E-state index in [0.717, 1.165) is 31.2 Å². The molecular formula is C18H22NO2Y-. The van der Waals surface area contributed by atoms with Crippen LogP contribution in [0.25, 0.3) is 0 Å². The Morgan fingerprint density at radius 1 is 1.36 bits per heavy atom. The van der Waals surface area contributed by atoms with E-state index in [1.54, 1.807) is 0 Å². The van der Waals surface area contributed by atoms with E-state index in [1.165, 1.54) is 11.1 Å². The van der Waals surface area contributed by atoms with Crippen molar-refractivity contribution in [1.29, 1.82) is 0 Å². The molecule has 0 aromatic heterocycles. The molecule has 22 heavy (non-hydrogen) atoms. The molecule has 1 fully saturated rings. The summed E-state index contributed by atoms with van der Waals surface area (Å²) in [4.78, 5) is 13.7. The van der Waals surface area contributed by atoms with Gasteiger partial charge in [-0.2, -0.15) is 6.42 Å². The summed E-state index contributed by atoms with van der Waals surface area (Å²) in [5.74, 6) is 0.222. The van der Waals surface area contributed by atoms with Crippen LogP contribution >= 0.6 is 0 Å². The van der Waals surface area contributed by atoms with Gasteiger partial charge in [0.05, 0.1) is 18.6 Å². The molecule has 1 radical (unpaired) electrons. The molecule has 0 bridgehead atoms. The van der Waals surface area contributed by atoms with E-state index in [9.17, 15) is 9.90 Å². The normalized spacial score (nSPS) is 23.4. The van der Waals surface area contributed by atoms with Crippen LogP contribution in [0.15, 0.2) is 30.4 Å². The minimum absolute atomic E-state index is 0. The average Bonchev–Trinajstić information content (AvgIpc) is 2.85. The van der Waals surface area contributed by atoms with Gasteiger partial charge in [0.15, 0.2) is 0 Å². The molecule has 115 valence electrons. The van der Waals surface area contributed by atoms with Crippen molar-refractivity contribution < 1.29 is 42.6 Å². The van der Waals surface area contributed by atoms with Crippen LogP contribution in [-0.4, -0.2) is 22.5 Å². The number of aliphatic hydroxyl groups excluding tert-OH is 1. The fourth-order valence-electron chi connectivity index (χ4n) is 3.23. The maximum atomic E-state index is 11.8. The van der Waals surface area contributed by atoms with Gasteiger partial charge in [0.2, 0.25) is 5.91 Å². The molecule has 1 amide bonds. The van der Waals surface area contributed by atoms with Gasteiger partial charge in [0, 0.05) is 39.3 Å². The van der Waals surface area contributed by atoms with E-state index in [-0.39, 0.29) is 50.8 Å². The van der Waals surface area contributed by atoms with Gasteiger partial charge in [-0.25, -0.2) is 0 Å². The minimum Gasteiger partial charge on any atom is -0.388 e. The number of rotatable bonds is 5. The topological polar surface area (TPSA) is 40.5 Å². The predicted octanol–water partition coefficient (Wildman–Crippen LogP) is 3.11. The molecule has 0 saturated carbocycles. The molecule has 1 aromatic carbocycles. The maximum Gasteiger partial charge on any atom is 0.225 e. The third kappa shape index (κ3) is 3.52. The summed E-state index contributed by atoms with van der Waals surface area (Å²) in [6, 6.07) is 6.47. The number of carbonyl (C=O) groups is 1. The molecule has 0 spiro atoms. The maximum absolute atomic E-state index is 11.8. The number of nitrogens with zero attached hydrogens (tertiary/aromatic N) is 1. The van der Waals surface area contributed by atoms with E-state index in [2.05, 4.69) is 31.2 Å². The number of unbranched alkanes of at least 4 members (excludes halogenated alkanes) is 1. The van der Waals surface area contributed by atoms with Crippen molar-refractivity contribution >= 4 is 5.91 Å². The Balaban J connectivity index is 0.00000176. The summed E-state index contributed by atoms with van der Waals surface area (Å²) in [5.41, 5.74) is 3.51. The molecule has 2 aliphatic rings. The van der Waals surface area contributed by atoms with Gasteiger partial charge in [0.25, 0.3) is 0 Å². The second-order valence-corrected chi connectivity index (χ2v) is 5.89. The summed E-state index contributed by atoms with van der Waals surface area (Å²) in [5, 5.41) is 9.86. The Kier molecular flexibility index (Phi) is 6.37. The number of β-lactam (4-membered cyclic amide) rings is 1. The largest absolute Gasteiger partial charge is 0.388 e. The standard InChI is InChI=1S/C18H22NO2.Y/c1-2-3-4-5-10-19-16(12-18(19)21)14-6-8-15-13(11-14)7-9-17(15)20;/h4-6,8,11,16-17,20H,1-3,7,9-10,12H2;/q-1;/b5-4-;/t16-,17?;/m1./s1. The summed E-state index contributed by atoms with van der Waals surface area (Å²) < 4.78 is 0. The Bertz CT molecular complexity index is 570. The summed E-state index contributed by atoms with van der Waals surface area (Å²) in [7, 11) is 0. The molecule has 1 aromatic rings. The molecule has 1 saturated heterocycles. The predicted molar refractivity (Wildman–Crippen MR) is 82.5 cm³/mol. The van der Waals surface area contributed by atoms with E-state index in [1.807, 2.05) is 11.0 Å². The van der Waals surface area contributed by atoms with Crippen LogP contribution in [0.1, 0.15) is 54.5 Å². The number of hydrogen-bond donors (Lipinski definition) is 1. The number of allylic oxidation sites excluding steroid dienone is 1. The van der Waals surface area contributed by atoms with Crippen molar-refractivity contribution in [2.24, 2.45) is 0 Å². The van der Waals surface area contributed by atoms with Crippen molar-refractivity contribution in [3.63, 3.8) is 0 Å². The molecular weight excluding hydrogens is 351 g/mol. The Morgan fingerprint density at radius 2 is 2.18 bits per heavy atom. The number of hydrogen-bond acceptors (Lipinski definition) is 2. The first kappa shape index (κ1) is 17.8. The van der Waals surface area contributed by atoms with Crippen molar-refractivity contribution in [1.82, 2.24) is 4.90 Å². The third-order valence-corrected chi connectivity index (χ3v) is 4.50. The van der Waals surface area contributed by atoms with Crippen LogP contribution in [0.2, 0.25) is 0 Å².